The van der Waals surface area contributed by atoms with Crippen LogP contribution in [0, 0.1) is 23.3 Å². The van der Waals surface area contributed by atoms with Crippen LogP contribution in [-0.2, 0) is 0 Å². The van der Waals surface area contributed by atoms with E-state index in [2.05, 4.69) is 36.8 Å². The van der Waals surface area contributed by atoms with E-state index in [1.54, 1.807) is 82.2 Å². The molecule has 4 aromatic carbocycles. The lowest BCUT2D eigenvalue weighted by Gasteiger charge is -2.23. The van der Waals surface area contributed by atoms with Crippen LogP contribution < -0.4 is 25.9 Å². The van der Waals surface area contributed by atoms with Crippen LogP contribution in [0.15, 0.2) is 138 Å². The SMILES string of the molecule is CNC(=O)c1ccc(-c2cnn3ccc(C(=O)N(c4ccc(F)c(F)c4)C4CC4)cc23)cc1.CNC(=O)c1ccc(B(O)O)cc1.O=C(c1ccn2ncc(Br)c2c1)N(c1ccc(F)c(F)c1)C1CC1. The molecule has 10 rings (SSSR count). The summed E-state index contributed by atoms with van der Waals surface area (Å²) < 4.78 is 58.1. The minimum Gasteiger partial charge on any atom is -0.423 e. The van der Waals surface area contributed by atoms with Crippen molar-refractivity contribution >= 4 is 74.5 Å². The summed E-state index contributed by atoms with van der Waals surface area (Å²) in [5.74, 6) is -4.71. The van der Waals surface area contributed by atoms with E-state index < -0.39 is 30.4 Å². The van der Waals surface area contributed by atoms with Gasteiger partial charge in [-0.3, -0.25) is 19.2 Å². The van der Waals surface area contributed by atoms with E-state index in [1.807, 2.05) is 12.1 Å². The standard InChI is InChI=1S/C25H20F2N4O2.C17H12BrF2N3O.C8H10BNO3/c1-28-24(32)16-4-2-15(3-5-16)20-14-29-30-11-10-17(12-23(20)30)25(33)31(18-6-7-18)19-8-9-21(26)22(27)13-19;18-13-9-21-22-6-5-10(7-16(13)22)17(24)23(11-1-2-11)12-3-4-14(19)15(20)8-12;1-10-8(11)6-2-4-7(5-3-6)9(12)13/h2-5,8-14,18H,6-7H2,1H3,(H,28,32);3-9,11H,1-2H2;2-5,12-13H,1H3,(H,10,11). The van der Waals surface area contributed by atoms with Crippen molar-refractivity contribution in [3.63, 3.8) is 0 Å². The molecule has 0 aliphatic heterocycles. The predicted molar refractivity (Wildman–Crippen MR) is 259 cm³/mol. The fraction of sp³-hybridized carbons (Fsp3) is 0.160. The zero-order valence-electron chi connectivity index (χ0n) is 37.4. The molecule has 8 aromatic rings. The van der Waals surface area contributed by atoms with Gasteiger partial charge in [0.2, 0.25) is 0 Å². The molecule has 0 spiro atoms. The van der Waals surface area contributed by atoms with E-state index in [-0.39, 0.29) is 35.7 Å². The number of rotatable bonds is 10. The van der Waals surface area contributed by atoms with Crippen molar-refractivity contribution in [2.24, 2.45) is 0 Å². The molecule has 14 nitrogen and oxygen atoms in total. The van der Waals surface area contributed by atoms with Crippen LogP contribution in [0.25, 0.3) is 22.2 Å². The zero-order chi connectivity index (χ0) is 49.8. The van der Waals surface area contributed by atoms with Gasteiger partial charge in [-0.25, -0.2) is 26.6 Å². The van der Waals surface area contributed by atoms with Gasteiger partial charge in [-0.15, -0.1) is 0 Å². The van der Waals surface area contributed by atoms with Crippen LogP contribution in [0.1, 0.15) is 67.1 Å². The van der Waals surface area contributed by atoms with Crippen molar-refractivity contribution in [3.8, 4) is 11.1 Å². The summed E-state index contributed by atoms with van der Waals surface area (Å²) in [6.45, 7) is 0. The Morgan fingerprint density at radius 3 is 1.47 bits per heavy atom. The van der Waals surface area contributed by atoms with E-state index >= 15 is 0 Å². The molecule has 4 aromatic heterocycles. The quantitative estimate of drug-likeness (QED) is 0.0813. The molecule has 4 N–H and O–H groups in total. The molecule has 20 heteroatoms. The van der Waals surface area contributed by atoms with Gasteiger partial charge in [0.1, 0.15) is 0 Å². The highest BCUT2D eigenvalue weighted by Gasteiger charge is 2.36. The Hall–Kier alpha value is -7.68. The lowest BCUT2D eigenvalue weighted by Crippen LogP contribution is -2.33. The molecule has 2 aliphatic rings. The van der Waals surface area contributed by atoms with Gasteiger partial charge in [-0.05, 0) is 125 Å². The minimum absolute atomic E-state index is 0.0203. The molecular weight excluding hydrogens is 975 g/mol. The van der Waals surface area contributed by atoms with Crippen LogP contribution in [0.5, 0.6) is 0 Å². The summed E-state index contributed by atoms with van der Waals surface area (Å²) in [5.41, 5.74) is 6.13. The van der Waals surface area contributed by atoms with Crippen LogP contribution in [0.4, 0.5) is 28.9 Å². The second-order valence-electron chi connectivity index (χ2n) is 16.3. The Morgan fingerprint density at radius 2 is 1.03 bits per heavy atom. The molecule has 2 aliphatic carbocycles. The summed E-state index contributed by atoms with van der Waals surface area (Å²) in [6.07, 6.45) is 10.1. The first-order chi connectivity index (χ1) is 33.6. The minimum atomic E-state index is -1.49. The predicted octanol–water partition coefficient (Wildman–Crippen LogP) is 7.36. The first-order valence-corrected chi connectivity index (χ1v) is 22.6. The maximum atomic E-state index is 13.8. The van der Waals surface area contributed by atoms with Gasteiger partial charge in [0.25, 0.3) is 23.6 Å². The fourth-order valence-electron chi connectivity index (χ4n) is 7.52. The molecule has 0 saturated heterocycles. The number of carbonyl (C=O) groups excluding carboxylic acids is 4. The van der Waals surface area contributed by atoms with E-state index in [1.165, 1.54) is 48.3 Å². The van der Waals surface area contributed by atoms with Crippen LogP contribution in [0.2, 0.25) is 0 Å². The third kappa shape index (κ3) is 10.8. The molecule has 70 heavy (non-hydrogen) atoms. The molecular formula is C50H42BBrF4N8O6. The number of benzene rings is 4. The molecule has 4 amide bonds. The van der Waals surface area contributed by atoms with Gasteiger partial charge < -0.3 is 30.5 Å². The molecule has 0 radical (unpaired) electrons. The molecule has 0 atom stereocenters. The summed E-state index contributed by atoms with van der Waals surface area (Å²) in [5, 5.41) is 31.1. The van der Waals surface area contributed by atoms with E-state index in [4.69, 9.17) is 10.0 Å². The van der Waals surface area contributed by atoms with Gasteiger partial charge in [0.05, 0.1) is 27.9 Å². The number of hydrogen-bond acceptors (Lipinski definition) is 8. The van der Waals surface area contributed by atoms with Gasteiger partial charge in [0.15, 0.2) is 23.3 Å². The van der Waals surface area contributed by atoms with E-state index in [0.717, 1.165) is 76.6 Å². The first kappa shape index (κ1) is 48.8. The Balaban J connectivity index is 0.000000155. The third-order valence-corrected chi connectivity index (χ3v) is 12.1. The number of fused-ring (bicyclic) bond motifs is 2. The highest BCUT2D eigenvalue weighted by Crippen LogP contribution is 2.36. The molecule has 2 fully saturated rings. The van der Waals surface area contributed by atoms with Gasteiger partial charge in [-0.2, -0.15) is 10.2 Å². The van der Waals surface area contributed by atoms with Crippen molar-refractivity contribution in [3.05, 3.63) is 184 Å². The number of amides is 4. The molecule has 4 heterocycles. The molecule has 0 unspecified atom stereocenters. The van der Waals surface area contributed by atoms with Crippen LogP contribution in [-0.4, -0.2) is 86.2 Å². The highest BCUT2D eigenvalue weighted by atomic mass is 79.9. The maximum absolute atomic E-state index is 13.8. The first-order valence-electron chi connectivity index (χ1n) is 21.8. The van der Waals surface area contributed by atoms with E-state index in [9.17, 15) is 36.7 Å². The van der Waals surface area contributed by atoms with Crippen molar-refractivity contribution in [2.45, 2.75) is 37.8 Å². The number of carbonyl (C=O) groups is 4. The molecule has 356 valence electrons. The lowest BCUT2D eigenvalue weighted by molar-refractivity contribution is 0.0955. The Kier molecular flexibility index (Phi) is 14.6. The normalized spacial score (nSPS) is 12.8. The molecule has 2 saturated carbocycles. The summed E-state index contributed by atoms with van der Waals surface area (Å²) in [7, 11) is 1.63. The summed E-state index contributed by atoms with van der Waals surface area (Å²) in [4.78, 5) is 52.3. The van der Waals surface area contributed by atoms with Gasteiger partial charge in [0, 0.05) is 89.9 Å². The summed E-state index contributed by atoms with van der Waals surface area (Å²) in [6, 6.07) is 27.0. The average Bonchev–Trinajstić information content (AvgIpc) is 4.32. The Morgan fingerprint density at radius 1 is 0.586 bits per heavy atom. The second kappa shape index (κ2) is 20.9. The van der Waals surface area contributed by atoms with E-state index in [0.29, 0.717) is 39.1 Å². The van der Waals surface area contributed by atoms with Crippen molar-refractivity contribution in [2.75, 3.05) is 23.9 Å². The topological polar surface area (TPSA) is 174 Å². The Bertz CT molecular complexity index is 3260. The van der Waals surface area contributed by atoms with Crippen LogP contribution in [0.3, 0.4) is 0 Å². The maximum Gasteiger partial charge on any atom is 0.488 e. The largest absolute Gasteiger partial charge is 0.488 e. The summed E-state index contributed by atoms with van der Waals surface area (Å²) >= 11 is 3.39. The average molecular weight is 1020 g/mol. The number of nitrogens with one attached hydrogen (secondary N) is 2. The van der Waals surface area contributed by atoms with Crippen molar-refractivity contribution < 1.29 is 46.8 Å². The highest BCUT2D eigenvalue weighted by molar-refractivity contribution is 9.10. The number of nitrogens with zero attached hydrogens (tertiary/aromatic N) is 6. The number of pyridine rings is 2. The third-order valence-electron chi connectivity index (χ3n) is 11.5. The van der Waals surface area contributed by atoms with Gasteiger partial charge >= 0.3 is 7.12 Å². The van der Waals surface area contributed by atoms with Gasteiger partial charge in [-0.1, -0.05) is 24.3 Å². The smallest absolute Gasteiger partial charge is 0.423 e. The number of aromatic nitrogens is 4. The number of halogens is 5. The molecule has 0 bridgehead atoms. The van der Waals surface area contributed by atoms with Crippen molar-refractivity contribution in [1.29, 1.82) is 0 Å². The number of hydrogen-bond donors (Lipinski definition) is 4. The number of anilines is 2. The van der Waals surface area contributed by atoms with Crippen LogP contribution >= 0.6 is 15.9 Å². The fourth-order valence-corrected chi connectivity index (χ4v) is 7.91. The lowest BCUT2D eigenvalue weighted by atomic mass is 9.80. The zero-order valence-corrected chi connectivity index (χ0v) is 38.9. The second-order valence-corrected chi connectivity index (χ2v) is 17.1. The Labute approximate surface area is 406 Å². The monoisotopic (exact) mass is 1020 g/mol. The van der Waals surface area contributed by atoms with Crippen molar-refractivity contribution in [1.82, 2.24) is 29.9 Å².